The van der Waals surface area contributed by atoms with Gasteiger partial charge in [0.2, 0.25) is 0 Å². The molecule has 8 nitrogen and oxygen atoms in total. The summed E-state index contributed by atoms with van der Waals surface area (Å²) in [6, 6.07) is 11.4. The summed E-state index contributed by atoms with van der Waals surface area (Å²) in [5, 5.41) is 6.52. The average Bonchev–Trinajstić information content (AvgIpc) is 3.49. The van der Waals surface area contributed by atoms with Crippen LogP contribution in [0.4, 0.5) is 15.8 Å². The molecule has 4 rings (SSSR count). The van der Waals surface area contributed by atoms with Crippen LogP contribution >= 0.6 is 0 Å². The van der Waals surface area contributed by atoms with Crippen LogP contribution in [-0.4, -0.2) is 28.5 Å². The van der Waals surface area contributed by atoms with Crippen molar-refractivity contribution in [1.29, 1.82) is 0 Å². The Morgan fingerprint density at radius 3 is 2.69 bits per heavy atom. The first-order valence-electron chi connectivity index (χ1n) is 11.3. The van der Waals surface area contributed by atoms with E-state index in [9.17, 15) is 14.0 Å². The van der Waals surface area contributed by atoms with E-state index in [1.54, 1.807) is 41.1 Å². The molecule has 0 bridgehead atoms. The van der Waals surface area contributed by atoms with Crippen molar-refractivity contribution in [2.45, 2.75) is 33.4 Å². The Morgan fingerprint density at radius 1 is 1.20 bits per heavy atom. The summed E-state index contributed by atoms with van der Waals surface area (Å²) in [6.45, 7) is 4.92. The van der Waals surface area contributed by atoms with E-state index in [-0.39, 0.29) is 29.5 Å². The first-order chi connectivity index (χ1) is 16.9. The summed E-state index contributed by atoms with van der Waals surface area (Å²) in [6.07, 6.45) is 3.80. The van der Waals surface area contributed by atoms with Crippen LogP contribution in [0.25, 0.3) is 11.0 Å². The molecule has 0 aliphatic carbocycles. The highest BCUT2D eigenvalue weighted by Crippen LogP contribution is 2.33. The second kappa shape index (κ2) is 10.4. The lowest BCUT2D eigenvalue weighted by Gasteiger charge is -2.12. The number of rotatable bonds is 9. The summed E-state index contributed by atoms with van der Waals surface area (Å²) in [7, 11) is 1.29. The zero-order valence-electron chi connectivity index (χ0n) is 19.8. The Morgan fingerprint density at radius 2 is 2.00 bits per heavy atom. The maximum atomic E-state index is 14.1. The number of aryl methyl sites for hydroxylation is 1. The minimum atomic E-state index is -0.595. The molecule has 1 amide bonds. The van der Waals surface area contributed by atoms with Crippen LogP contribution in [0.5, 0.6) is 0 Å². The van der Waals surface area contributed by atoms with Crippen molar-refractivity contribution in [3.63, 3.8) is 0 Å². The lowest BCUT2D eigenvalue weighted by molar-refractivity contribution is 0.0589. The summed E-state index contributed by atoms with van der Waals surface area (Å²) < 4.78 is 26.1. The number of carbonyl (C=O) groups excluding carboxylic acids is 2. The number of fused-ring (bicyclic) bond motifs is 1. The zero-order chi connectivity index (χ0) is 24.9. The van der Waals surface area contributed by atoms with Crippen LogP contribution in [0.15, 0.2) is 59.3 Å². The summed E-state index contributed by atoms with van der Waals surface area (Å²) in [5.74, 6) is -0.935. The summed E-state index contributed by atoms with van der Waals surface area (Å²) in [5.41, 5.74) is 2.11. The molecule has 0 radical (unpaired) electrons. The standard InChI is InChI=1S/C26H27FN4O4/c1-16(2)10-11-31-23(26(33)34-3)22(30-25(32)21-9-6-12-35-21)19-13-18(15-29-24(19)31)28-14-17-7-4-5-8-20(17)27/h4-9,12-13,15-16,28H,10-11,14H2,1-3H3,(H,30,32). The molecule has 182 valence electrons. The molecule has 0 aliphatic rings. The molecule has 3 aromatic heterocycles. The van der Waals surface area contributed by atoms with Gasteiger partial charge in [0.25, 0.3) is 5.91 Å². The van der Waals surface area contributed by atoms with Gasteiger partial charge in [-0.15, -0.1) is 0 Å². The van der Waals surface area contributed by atoms with Gasteiger partial charge in [-0.3, -0.25) is 4.79 Å². The van der Waals surface area contributed by atoms with Gasteiger partial charge >= 0.3 is 5.97 Å². The van der Waals surface area contributed by atoms with Crippen molar-refractivity contribution in [2.24, 2.45) is 5.92 Å². The minimum Gasteiger partial charge on any atom is -0.464 e. The van der Waals surface area contributed by atoms with E-state index in [2.05, 4.69) is 29.5 Å². The van der Waals surface area contributed by atoms with Crippen LogP contribution < -0.4 is 10.6 Å². The third-order valence-electron chi connectivity index (χ3n) is 5.63. The van der Waals surface area contributed by atoms with Crippen molar-refractivity contribution in [3.8, 4) is 0 Å². The molecule has 0 aliphatic heterocycles. The maximum absolute atomic E-state index is 14.1. The normalized spacial score (nSPS) is 11.1. The Labute approximate surface area is 202 Å². The number of benzene rings is 1. The molecule has 1 aromatic carbocycles. The predicted octanol–water partition coefficient (Wildman–Crippen LogP) is 5.47. The molecule has 0 fully saturated rings. The number of pyridine rings is 1. The van der Waals surface area contributed by atoms with Crippen LogP contribution in [0.2, 0.25) is 0 Å². The van der Waals surface area contributed by atoms with E-state index >= 15 is 0 Å². The Balaban J connectivity index is 1.78. The molecule has 9 heteroatoms. The third kappa shape index (κ3) is 5.18. The average molecular weight is 479 g/mol. The third-order valence-corrected chi connectivity index (χ3v) is 5.63. The number of hydrogen-bond acceptors (Lipinski definition) is 6. The zero-order valence-corrected chi connectivity index (χ0v) is 19.8. The Hall–Kier alpha value is -4.14. The molecular weight excluding hydrogens is 451 g/mol. The monoisotopic (exact) mass is 478 g/mol. The molecule has 0 saturated heterocycles. The predicted molar refractivity (Wildman–Crippen MR) is 131 cm³/mol. The SMILES string of the molecule is COC(=O)c1c(NC(=O)c2ccco2)c2cc(NCc3ccccc3F)cnc2n1CCC(C)C. The fraction of sp³-hybridized carbons (Fsp3) is 0.269. The van der Waals surface area contributed by atoms with Gasteiger partial charge in [-0.1, -0.05) is 32.0 Å². The first-order valence-corrected chi connectivity index (χ1v) is 11.3. The fourth-order valence-electron chi connectivity index (χ4n) is 3.78. The molecule has 4 aromatic rings. The first kappa shape index (κ1) is 24.0. The number of aromatic nitrogens is 2. The van der Waals surface area contributed by atoms with E-state index in [1.165, 1.54) is 25.5 Å². The van der Waals surface area contributed by atoms with Crippen molar-refractivity contribution < 1.29 is 23.1 Å². The molecule has 0 atom stereocenters. The van der Waals surface area contributed by atoms with Crippen molar-refractivity contribution >= 4 is 34.3 Å². The van der Waals surface area contributed by atoms with Crippen molar-refractivity contribution in [3.05, 3.63) is 77.8 Å². The van der Waals surface area contributed by atoms with Crippen LogP contribution in [-0.2, 0) is 17.8 Å². The second-order valence-corrected chi connectivity index (χ2v) is 8.52. The maximum Gasteiger partial charge on any atom is 0.356 e. The molecule has 0 unspecified atom stereocenters. The number of furan rings is 1. The number of halogens is 1. The summed E-state index contributed by atoms with van der Waals surface area (Å²) >= 11 is 0. The van der Waals surface area contributed by atoms with E-state index in [4.69, 9.17) is 9.15 Å². The van der Waals surface area contributed by atoms with E-state index in [0.717, 1.165) is 6.42 Å². The van der Waals surface area contributed by atoms with Gasteiger partial charge in [0, 0.05) is 24.0 Å². The highest BCUT2D eigenvalue weighted by molar-refractivity contribution is 6.14. The number of ether oxygens (including phenoxy) is 1. The molecule has 35 heavy (non-hydrogen) atoms. The number of hydrogen-bond donors (Lipinski definition) is 2. The molecule has 0 spiro atoms. The van der Waals surface area contributed by atoms with E-state index in [1.807, 2.05) is 0 Å². The smallest absolute Gasteiger partial charge is 0.356 e. The second-order valence-electron chi connectivity index (χ2n) is 8.52. The fourth-order valence-corrected chi connectivity index (χ4v) is 3.78. The van der Waals surface area contributed by atoms with Crippen LogP contribution in [0.1, 0.15) is 46.9 Å². The number of carbonyl (C=O) groups is 2. The van der Waals surface area contributed by atoms with Gasteiger partial charge < -0.3 is 24.4 Å². The van der Waals surface area contributed by atoms with Crippen LogP contribution in [0, 0.1) is 11.7 Å². The van der Waals surface area contributed by atoms with Crippen molar-refractivity contribution in [1.82, 2.24) is 9.55 Å². The van der Waals surface area contributed by atoms with E-state index < -0.39 is 11.9 Å². The van der Waals surface area contributed by atoms with E-state index in [0.29, 0.717) is 34.7 Å². The van der Waals surface area contributed by atoms with Gasteiger partial charge in [-0.2, -0.15) is 0 Å². The quantitative estimate of drug-likeness (QED) is 0.310. The van der Waals surface area contributed by atoms with Crippen molar-refractivity contribution in [2.75, 3.05) is 17.7 Å². The largest absolute Gasteiger partial charge is 0.464 e. The van der Waals surface area contributed by atoms with Gasteiger partial charge in [0.15, 0.2) is 11.5 Å². The summed E-state index contributed by atoms with van der Waals surface area (Å²) in [4.78, 5) is 30.3. The molecular formula is C26H27FN4O4. The number of esters is 1. The lowest BCUT2D eigenvalue weighted by atomic mass is 10.1. The molecule has 0 saturated carbocycles. The molecule has 3 heterocycles. The number of anilines is 2. The van der Waals surface area contributed by atoms with Gasteiger partial charge in [0.05, 0.1) is 30.9 Å². The van der Waals surface area contributed by atoms with Gasteiger partial charge in [-0.05, 0) is 36.6 Å². The number of amides is 1. The number of nitrogens with one attached hydrogen (secondary N) is 2. The highest BCUT2D eigenvalue weighted by Gasteiger charge is 2.27. The topological polar surface area (TPSA) is 98.4 Å². The van der Waals surface area contributed by atoms with Gasteiger partial charge in [-0.25, -0.2) is 14.2 Å². The van der Waals surface area contributed by atoms with Crippen LogP contribution in [0.3, 0.4) is 0 Å². The number of nitrogens with zero attached hydrogens (tertiary/aromatic N) is 2. The number of methoxy groups -OCH3 is 1. The minimum absolute atomic E-state index is 0.102. The van der Waals surface area contributed by atoms with Gasteiger partial charge in [0.1, 0.15) is 11.5 Å². The lowest BCUT2D eigenvalue weighted by Crippen LogP contribution is -2.17. The molecule has 2 N–H and O–H groups in total. The Kier molecular flexibility index (Phi) is 7.14. The Bertz CT molecular complexity index is 1350. The highest BCUT2D eigenvalue weighted by atomic mass is 19.1.